The van der Waals surface area contributed by atoms with Crippen LogP contribution in [0.15, 0.2) is 51.7 Å². The monoisotopic (exact) mass is 428 g/mol. The number of benzene rings is 1. The fourth-order valence-corrected chi connectivity index (χ4v) is 3.69. The zero-order valence-corrected chi connectivity index (χ0v) is 14.8. The van der Waals surface area contributed by atoms with Gasteiger partial charge in [0.1, 0.15) is 18.0 Å². The lowest BCUT2D eigenvalue weighted by molar-refractivity contribution is 0.298. The molecule has 0 aliphatic heterocycles. The Morgan fingerprint density at radius 1 is 1.19 bits per heavy atom. The van der Waals surface area contributed by atoms with Crippen molar-refractivity contribution < 1.29 is 4.74 Å². The molecule has 108 valence electrons. The first-order chi connectivity index (χ1) is 10.2. The number of halogens is 3. The molecule has 21 heavy (non-hydrogen) atoms. The van der Waals surface area contributed by atoms with E-state index in [-0.39, 0.29) is 0 Å². The standard InChI is InChI=1S/C15H11Br2ClN2O/c16-12-5-10(7-18)6-13(17)15(12)21-9-11-8-20-4-2-1-3-14(20)19-11/h1-6,8H,7,9H2. The highest BCUT2D eigenvalue weighted by molar-refractivity contribution is 9.11. The number of aromatic nitrogens is 2. The van der Waals surface area contributed by atoms with E-state index < -0.39 is 0 Å². The first-order valence-electron chi connectivity index (χ1n) is 6.26. The Balaban J connectivity index is 1.81. The molecule has 0 bridgehead atoms. The molecule has 0 amide bonds. The van der Waals surface area contributed by atoms with Crippen LogP contribution in [0, 0.1) is 0 Å². The Morgan fingerprint density at radius 2 is 1.95 bits per heavy atom. The second-order valence-electron chi connectivity index (χ2n) is 4.51. The van der Waals surface area contributed by atoms with Gasteiger partial charge in [-0.05, 0) is 61.7 Å². The first-order valence-corrected chi connectivity index (χ1v) is 8.38. The van der Waals surface area contributed by atoms with Crippen molar-refractivity contribution in [2.24, 2.45) is 0 Å². The number of hydrogen-bond donors (Lipinski definition) is 0. The van der Waals surface area contributed by atoms with Crippen LogP contribution in [0.25, 0.3) is 5.65 Å². The van der Waals surface area contributed by atoms with Crippen LogP contribution in [0.4, 0.5) is 0 Å². The molecule has 0 spiro atoms. The third kappa shape index (κ3) is 3.25. The topological polar surface area (TPSA) is 26.5 Å². The van der Waals surface area contributed by atoms with Gasteiger partial charge in [0.25, 0.3) is 0 Å². The summed E-state index contributed by atoms with van der Waals surface area (Å²) in [6.07, 6.45) is 3.93. The smallest absolute Gasteiger partial charge is 0.148 e. The number of imidazole rings is 1. The molecule has 0 unspecified atom stereocenters. The molecule has 2 aromatic heterocycles. The molecule has 0 radical (unpaired) electrons. The summed E-state index contributed by atoms with van der Waals surface area (Å²) in [5.74, 6) is 1.21. The van der Waals surface area contributed by atoms with Crippen molar-refractivity contribution in [3.05, 3.63) is 62.9 Å². The van der Waals surface area contributed by atoms with E-state index in [1.165, 1.54) is 0 Å². The predicted molar refractivity (Wildman–Crippen MR) is 90.9 cm³/mol. The van der Waals surface area contributed by atoms with Crippen LogP contribution in [0.2, 0.25) is 0 Å². The van der Waals surface area contributed by atoms with Crippen molar-refractivity contribution in [1.82, 2.24) is 9.38 Å². The van der Waals surface area contributed by atoms with Gasteiger partial charge in [0, 0.05) is 18.3 Å². The highest BCUT2D eigenvalue weighted by Crippen LogP contribution is 2.35. The molecule has 0 fully saturated rings. The minimum Gasteiger partial charge on any atom is -0.485 e. The fraction of sp³-hybridized carbons (Fsp3) is 0.133. The summed E-state index contributed by atoms with van der Waals surface area (Å²) < 4.78 is 9.58. The van der Waals surface area contributed by atoms with Gasteiger partial charge >= 0.3 is 0 Å². The zero-order valence-electron chi connectivity index (χ0n) is 10.9. The van der Waals surface area contributed by atoms with Crippen molar-refractivity contribution in [3.8, 4) is 5.75 Å². The molecular formula is C15H11Br2ClN2O. The predicted octanol–water partition coefficient (Wildman–Crippen LogP) is 5.18. The number of rotatable bonds is 4. The second kappa shape index (κ2) is 6.38. The Hall–Kier alpha value is -1.04. The average Bonchev–Trinajstić information content (AvgIpc) is 2.88. The number of pyridine rings is 1. The molecule has 0 atom stereocenters. The lowest BCUT2D eigenvalue weighted by atomic mass is 10.2. The molecule has 3 nitrogen and oxygen atoms in total. The highest BCUT2D eigenvalue weighted by Gasteiger charge is 2.10. The number of nitrogens with zero attached hydrogens (tertiary/aromatic N) is 2. The van der Waals surface area contributed by atoms with Crippen molar-refractivity contribution in [2.75, 3.05) is 0 Å². The van der Waals surface area contributed by atoms with Crippen LogP contribution in [-0.4, -0.2) is 9.38 Å². The number of alkyl halides is 1. The lowest BCUT2D eigenvalue weighted by Gasteiger charge is -2.10. The highest BCUT2D eigenvalue weighted by atomic mass is 79.9. The molecule has 0 aliphatic carbocycles. The van der Waals surface area contributed by atoms with Gasteiger partial charge < -0.3 is 9.14 Å². The van der Waals surface area contributed by atoms with Crippen molar-refractivity contribution in [1.29, 1.82) is 0 Å². The van der Waals surface area contributed by atoms with Crippen LogP contribution >= 0.6 is 43.5 Å². The van der Waals surface area contributed by atoms with E-state index in [4.69, 9.17) is 16.3 Å². The Bertz CT molecular complexity index is 732. The zero-order chi connectivity index (χ0) is 14.8. The molecule has 3 rings (SSSR count). The van der Waals surface area contributed by atoms with Crippen LogP contribution in [0.1, 0.15) is 11.3 Å². The van der Waals surface area contributed by atoms with E-state index in [2.05, 4.69) is 36.8 Å². The van der Waals surface area contributed by atoms with Crippen LogP contribution in [0.5, 0.6) is 5.75 Å². The number of fused-ring (bicyclic) bond motifs is 1. The van der Waals surface area contributed by atoms with Crippen LogP contribution < -0.4 is 4.74 Å². The second-order valence-corrected chi connectivity index (χ2v) is 6.49. The van der Waals surface area contributed by atoms with E-state index in [1.54, 1.807) is 0 Å². The summed E-state index contributed by atoms with van der Waals surface area (Å²) in [5, 5.41) is 0. The SMILES string of the molecule is ClCc1cc(Br)c(OCc2cn3ccccc3n2)c(Br)c1. The third-order valence-electron chi connectivity index (χ3n) is 2.99. The van der Waals surface area contributed by atoms with Gasteiger partial charge in [-0.25, -0.2) is 4.98 Å². The van der Waals surface area contributed by atoms with Crippen molar-refractivity contribution in [3.63, 3.8) is 0 Å². The van der Waals surface area contributed by atoms with Crippen molar-refractivity contribution >= 4 is 49.1 Å². The van der Waals surface area contributed by atoms with E-state index in [0.29, 0.717) is 12.5 Å². The van der Waals surface area contributed by atoms with Gasteiger partial charge in [-0.1, -0.05) is 6.07 Å². The first kappa shape index (κ1) is 14.9. The molecule has 2 heterocycles. The van der Waals surface area contributed by atoms with Gasteiger partial charge in [0.15, 0.2) is 0 Å². The molecule has 3 aromatic rings. The normalized spacial score (nSPS) is 11.0. The average molecular weight is 431 g/mol. The maximum Gasteiger partial charge on any atom is 0.148 e. The van der Waals surface area contributed by atoms with Gasteiger partial charge in [0.2, 0.25) is 0 Å². The maximum atomic E-state index is 5.87. The summed E-state index contributed by atoms with van der Waals surface area (Å²) in [7, 11) is 0. The van der Waals surface area contributed by atoms with Gasteiger partial charge in [-0.15, -0.1) is 11.6 Å². The largest absolute Gasteiger partial charge is 0.485 e. The number of hydrogen-bond acceptors (Lipinski definition) is 2. The van der Waals surface area contributed by atoms with E-state index in [0.717, 1.165) is 31.6 Å². The molecule has 6 heteroatoms. The quantitative estimate of drug-likeness (QED) is 0.534. The molecule has 0 saturated carbocycles. The Labute approximate surface area is 144 Å². The van der Waals surface area contributed by atoms with E-state index >= 15 is 0 Å². The minimum atomic E-state index is 0.402. The van der Waals surface area contributed by atoms with Crippen LogP contribution in [-0.2, 0) is 12.5 Å². The van der Waals surface area contributed by atoms with Gasteiger partial charge in [-0.2, -0.15) is 0 Å². The van der Waals surface area contributed by atoms with E-state index in [1.807, 2.05) is 47.1 Å². The molecule has 0 aliphatic rings. The minimum absolute atomic E-state index is 0.402. The van der Waals surface area contributed by atoms with E-state index in [9.17, 15) is 0 Å². The summed E-state index contributed by atoms with van der Waals surface area (Å²) >= 11 is 12.9. The van der Waals surface area contributed by atoms with Gasteiger partial charge in [0.05, 0.1) is 14.6 Å². The molecule has 0 N–H and O–H groups in total. The summed E-state index contributed by atoms with van der Waals surface area (Å²) in [5.41, 5.74) is 2.81. The number of ether oxygens (including phenoxy) is 1. The maximum absolute atomic E-state index is 5.87. The van der Waals surface area contributed by atoms with Crippen LogP contribution in [0.3, 0.4) is 0 Å². The van der Waals surface area contributed by atoms with Gasteiger partial charge in [-0.3, -0.25) is 0 Å². The Morgan fingerprint density at radius 3 is 2.62 bits per heavy atom. The summed E-state index contributed by atoms with van der Waals surface area (Å²) in [6, 6.07) is 9.81. The fourth-order valence-electron chi connectivity index (χ4n) is 2.03. The molecular weight excluding hydrogens is 419 g/mol. The molecule has 1 aromatic carbocycles. The summed E-state index contributed by atoms with van der Waals surface area (Å²) in [6.45, 7) is 0.402. The Kier molecular flexibility index (Phi) is 4.52. The lowest BCUT2D eigenvalue weighted by Crippen LogP contribution is -1.97. The third-order valence-corrected chi connectivity index (χ3v) is 4.48. The molecule has 0 saturated heterocycles. The summed E-state index contributed by atoms with van der Waals surface area (Å²) in [4.78, 5) is 4.51. The van der Waals surface area contributed by atoms with Crippen molar-refractivity contribution in [2.45, 2.75) is 12.5 Å².